The molecule has 1 amide bonds. The van der Waals surface area contributed by atoms with E-state index in [0.717, 1.165) is 19.3 Å². The van der Waals surface area contributed by atoms with Crippen LogP contribution >= 0.6 is 0 Å². The largest absolute Gasteiger partial charge is 0.444 e. The zero-order valence-electron chi connectivity index (χ0n) is 9.14. The van der Waals surface area contributed by atoms with Gasteiger partial charge in [-0.15, -0.1) is 0 Å². The maximum absolute atomic E-state index is 11.1. The number of carbonyl (C=O) groups excluding carboxylic acids is 1. The minimum atomic E-state index is -0.394. The first-order valence-corrected chi connectivity index (χ1v) is 4.92. The average Bonchev–Trinajstić information content (AvgIpc) is 1.94. The number of hydrogen-bond acceptors (Lipinski definition) is 2. The third-order valence-electron chi connectivity index (χ3n) is 1.45. The van der Waals surface area contributed by atoms with E-state index in [2.05, 4.69) is 12.2 Å². The van der Waals surface area contributed by atoms with Gasteiger partial charge in [-0.1, -0.05) is 19.8 Å². The van der Waals surface area contributed by atoms with Crippen molar-refractivity contribution in [2.45, 2.75) is 52.6 Å². The Morgan fingerprint density at radius 2 is 2.00 bits per heavy atom. The summed E-state index contributed by atoms with van der Waals surface area (Å²) in [6, 6.07) is 0. The van der Waals surface area contributed by atoms with Gasteiger partial charge in [-0.05, 0) is 27.2 Å². The Bertz CT molecular complexity index is 155. The molecule has 0 aromatic rings. The van der Waals surface area contributed by atoms with E-state index >= 15 is 0 Å². The molecule has 0 unspecified atom stereocenters. The van der Waals surface area contributed by atoms with Crippen LogP contribution < -0.4 is 5.32 Å². The molecular formula is C10H23NO2. The molecule has 0 heterocycles. The summed E-state index contributed by atoms with van der Waals surface area (Å²) < 4.78 is 5.07. The fraction of sp³-hybridized carbons (Fsp3) is 0.900. The number of amides is 1. The van der Waals surface area contributed by atoms with E-state index < -0.39 is 5.60 Å². The molecule has 0 aliphatic heterocycles. The van der Waals surface area contributed by atoms with Gasteiger partial charge in [0.15, 0.2) is 0 Å². The topological polar surface area (TPSA) is 38.3 Å². The molecule has 80 valence electrons. The summed E-state index contributed by atoms with van der Waals surface area (Å²) in [5, 5.41) is 2.71. The zero-order chi connectivity index (χ0) is 10.3. The van der Waals surface area contributed by atoms with Gasteiger partial charge in [-0.25, -0.2) is 4.79 Å². The number of ether oxygens (including phenoxy) is 1. The molecule has 0 rings (SSSR count). The van der Waals surface area contributed by atoms with Gasteiger partial charge in [0, 0.05) is 7.97 Å². The van der Waals surface area contributed by atoms with Crippen molar-refractivity contribution in [2.75, 3.05) is 6.54 Å². The van der Waals surface area contributed by atoms with Crippen LogP contribution in [0.25, 0.3) is 0 Å². The lowest BCUT2D eigenvalue weighted by atomic mass is 10.2. The summed E-state index contributed by atoms with van der Waals surface area (Å²) in [7, 11) is 0. The third-order valence-corrected chi connectivity index (χ3v) is 1.45. The Morgan fingerprint density at radius 3 is 2.46 bits per heavy atom. The molecule has 3 heteroatoms. The van der Waals surface area contributed by atoms with Gasteiger partial charge in [0.2, 0.25) is 0 Å². The van der Waals surface area contributed by atoms with E-state index in [1.807, 2.05) is 20.8 Å². The lowest BCUT2D eigenvalue weighted by Gasteiger charge is -2.19. The van der Waals surface area contributed by atoms with Gasteiger partial charge in [0.1, 0.15) is 5.60 Å². The van der Waals surface area contributed by atoms with Crippen LogP contribution in [0, 0.1) is 0 Å². The van der Waals surface area contributed by atoms with Crippen LogP contribution in [0.4, 0.5) is 4.79 Å². The minimum Gasteiger partial charge on any atom is -0.444 e. The van der Waals surface area contributed by atoms with Gasteiger partial charge >= 0.3 is 6.09 Å². The minimum absolute atomic E-state index is 0. The smallest absolute Gasteiger partial charge is 0.407 e. The molecular weight excluding hydrogens is 166 g/mol. The Hall–Kier alpha value is -0.730. The van der Waals surface area contributed by atoms with E-state index in [-0.39, 0.29) is 7.52 Å². The first kappa shape index (κ1) is 12.3. The summed E-state index contributed by atoms with van der Waals surface area (Å²) in [6.07, 6.45) is 3.02. The van der Waals surface area contributed by atoms with Crippen LogP contribution in [-0.4, -0.2) is 18.2 Å². The van der Waals surface area contributed by atoms with Crippen molar-refractivity contribution in [1.29, 1.82) is 0 Å². The first-order valence-electron chi connectivity index (χ1n) is 4.92. The van der Waals surface area contributed by atoms with Crippen LogP contribution in [0.3, 0.4) is 0 Å². The van der Waals surface area contributed by atoms with Crippen LogP contribution in [0.2, 0.25) is 0 Å². The second-order valence-electron chi connectivity index (χ2n) is 4.14. The normalized spacial score (nSPS) is 11.1. The molecule has 1 N–H and O–H groups in total. The molecule has 0 saturated carbocycles. The van der Waals surface area contributed by atoms with Crippen molar-refractivity contribution in [3.8, 4) is 0 Å². The molecule has 0 fully saturated rings. The SMILES string of the molecule is CCCCCNC(=O)OC(C)(C)C.[HH]. The molecule has 0 saturated heterocycles. The van der Waals surface area contributed by atoms with E-state index in [4.69, 9.17) is 4.74 Å². The highest BCUT2D eigenvalue weighted by atomic mass is 16.6. The lowest BCUT2D eigenvalue weighted by Crippen LogP contribution is -2.32. The quantitative estimate of drug-likeness (QED) is 0.690. The molecule has 0 aliphatic carbocycles. The first-order chi connectivity index (χ1) is 5.95. The summed E-state index contributed by atoms with van der Waals surface area (Å²) in [4.78, 5) is 11.1. The summed E-state index contributed by atoms with van der Waals surface area (Å²) in [6.45, 7) is 8.42. The molecule has 13 heavy (non-hydrogen) atoms. The van der Waals surface area contributed by atoms with Crippen LogP contribution in [0.5, 0.6) is 0 Å². The Morgan fingerprint density at radius 1 is 1.38 bits per heavy atom. The van der Waals surface area contributed by atoms with Gasteiger partial charge in [-0.3, -0.25) is 0 Å². The van der Waals surface area contributed by atoms with Crippen molar-refractivity contribution >= 4 is 6.09 Å². The zero-order valence-corrected chi connectivity index (χ0v) is 9.14. The predicted octanol–water partition coefficient (Wildman–Crippen LogP) is 2.95. The number of rotatable bonds is 4. The van der Waals surface area contributed by atoms with E-state index in [0.29, 0.717) is 6.54 Å². The average molecular weight is 189 g/mol. The second-order valence-corrected chi connectivity index (χ2v) is 4.14. The van der Waals surface area contributed by atoms with Crippen molar-refractivity contribution in [1.82, 2.24) is 5.32 Å². The number of hydrogen-bond donors (Lipinski definition) is 1. The van der Waals surface area contributed by atoms with Crippen molar-refractivity contribution in [3.63, 3.8) is 0 Å². The second kappa shape index (κ2) is 5.84. The van der Waals surface area contributed by atoms with Gasteiger partial charge in [-0.2, -0.15) is 0 Å². The van der Waals surface area contributed by atoms with E-state index in [1.54, 1.807) is 0 Å². The number of carbonyl (C=O) groups is 1. The van der Waals surface area contributed by atoms with Crippen molar-refractivity contribution < 1.29 is 11.0 Å². The standard InChI is InChI=1S/C10H21NO2.H2/c1-5-6-7-8-11-9(12)13-10(2,3)4;/h5-8H2,1-4H3,(H,11,12);1H. The maximum atomic E-state index is 11.1. The highest BCUT2D eigenvalue weighted by molar-refractivity contribution is 5.67. The molecule has 0 aromatic heterocycles. The number of unbranched alkanes of at least 4 members (excludes halogenated alkanes) is 2. The third kappa shape index (κ3) is 9.18. The predicted molar refractivity (Wildman–Crippen MR) is 55.9 cm³/mol. The Labute approximate surface area is 82.3 Å². The highest BCUT2D eigenvalue weighted by Gasteiger charge is 2.15. The van der Waals surface area contributed by atoms with Crippen LogP contribution in [-0.2, 0) is 4.74 Å². The number of nitrogens with one attached hydrogen (secondary N) is 1. The Balaban J connectivity index is 0. The van der Waals surface area contributed by atoms with Crippen LogP contribution in [0.15, 0.2) is 0 Å². The molecule has 0 aliphatic rings. The van der Waals surface area contributed by atoms with Gasteiger partial charge in [0.05, 0.1) is 0 Å². The lowest BCUT2D eigenvalue weighted by molar-refractivity contribution is 0.0527. The van der Waals surface area contributed by atoms with Crippen LogP contribution in [0.1, 0.15) is 48.4 Å². The van der Waals surface area contributed by atoms with E-state index in [9.17, 15) is 4.79 Å². The number of alkyl carbamates (subject to hydrolysis) is 1. The van der Waals surface area contributed by atoms with E-state index in [1.165, 1.54) is 0 Å². The van der Waals surface area contributed by atoms with Crippen molar-refractivity contribution in [2.24, 2.45) is 0 Å². The summed E-state index contributed by atoms with van der Waals surface area (Å²) in [5.41, 5.74) is -0.394. The molecule has 0 bridgehead atoms. The molecule has 3 nitrogen and oxygen atoms in total. The summed E-state index contributed by atoms with van der Waals surface area (Å²) in [5.74, 6) is 0. The monoisotopic (exact) mass is 189 g/mol. The molecule has 0 atom stereocenters. The Kier molecular flexibility index (Phi) is 5.51. The molecule has 0 aromatic carbocycles. The molecule has 0 spiro atoms. The van der Waals surface area contributed by atoms with Crippen molar-refractivity contribution in [3.05, 3.63) is 0 Å². The van der Waals surface area contributed by atoms with Gasteiger partial charge < -0.3 is 10.1 Å². The fourth-order valence-corrected chi connectivity index (χ4v) is 0.880. The maximum Gasteiger partial charge on any atom is 0.407 e. The molecule has 0 radical (unpaired) electrons. The van der Waals surface area contributed by atoms with Gasteiger partial charge in [0.25, 0.3) is 0 Å². The fourth-order valence-electron chi connectivity index (χ4n) is 0.880. The highest BCUT2D eigenvalue weighted by Crippen LogP contribution is 2.06. The summed E-state index contributed by atoms with van der Waals surface area (Å²) >= 11 is 0.